The molecule has 0 atom stereocenters. The van der Waals surface area contributed by atoms with Gasteiger partial charge in [-0.15, -0.1) is 23.1 Å². The Labute approximate surface area is 160 Å². The van der Waals surface area contributed by atoms with Crippen molar-refractivity contribution in [2.24, 2.45) is 0 Å². The van der Waals surface area contributed by atoms with Gasteiger partial charge in [-0.1, -0.05) is 0 Å². The number of thiazole rings is 1. The number of fused-ring (bicyclic) bond motifs is 1. The van der Waals surface area contributed by atoms with Crippen LogP contribution in [0.2, 0.25) is 0 Å². The number of thioether (sulfide) groups is 1. The number of carbonyl (C=O) groups is 1. The maximum atomic E-state index is 12.6. The Morgan fingerprint density at radius 3 is 2.77 bits per heavy atom. The number of ketones is 1. The number of nitrogens with zero attached hydrogens (tertiary/aromatic N) is 3. The number of carbonyl (C=O) groups excluding carboxylic acids is 1. The quantitative estimate of drug-likeness (QED) is 0.601. The van der Waals surface area contributed by atoms with Gasteiger partial charge in [0.1, 0.15) is 0 Å². The van der Waals surface area contributed by atoms with E-state index in [1.165, 1.54) is 41.6 Å². The van der Waals surface area contributed by atoms with E-state index in [-0.39, 0.29) is 11.3 Å². The fraction of sp³-hybridized carbons (Fsp3) is 0.421. The highest BCUT2D eigenvalue weighted by Gasteiger charge is 2.28. The zero-order valence-corrected chi connectivity index (χ0v) is 16.7. The number of aryl methyl sites for hydroxylation is 2. The van der Waals surface area contributed by atoms with Crippen LogP contribution >= 0.6 is 23.1 Å². The molecule has 0 unspecified atom stereocenters. The first-order valence-electron chi connectivity index (χ1n) is 8.72. The van der Waals surface area contributed by atoms with Crippen molar-refractivity contribution in [1.82, 2.24) is 14.0 Å². The first kappa shape index (κ1) is 17.5. The summed E-state index contributed by atoms with van der Waals surface area (Å²) in [6.07, 6.45) is 2.43. The van der Waals surface area contributed by atoms with Crippen LogP contribution in [0.15, 0.2) is 22.3 Å². The standard InChI is InChI=1S/C19H21N3O2S2/c1-11-6-16(13(3)21(11)15-4-5-15)17(23)10-25-9-14-7-18(24)22-12(2)8-26-19(22)20-14/h6-8,15H,4-5,9-10H2,1-3H3. The summed E-state index contributed by atoms with van der Waals surface area (Å²) < 4.78 is 3.92. The predicted molar refractivity (Wildman–Crippen MR) is 107 cm³/mol. The Balaban J connectivity index is 1.44. The second kappa shape index (κ2) is 6.70. The van der Waals surface area contributed by atoms with E-state index >= 15 is 0 Å². The molecule has 136 valence electrons. The first-order valence-corrected chi connectivity index (χ1v) is 10.8. The maximum absolute atomic E-state index is 12.6. The van der Waals surface area contributed by atoms with Crippen LogP contribution in [0.1, 0.15) is 52.0 Å². The van der Waals surface area contributed by atoms with Gasteiger partial charge >= 0.3 is 0 Å². The van der Waals surface area contributed by atoms with Crippen molar-refractivity contribution in [2.75, 3.05) is 5.75 Å². The Bertz CT molecular complexity index is 1060. The van der Waals surface area contributed by atoms with Gasteiger partial charge in [-0.25, -0.2) is 4.98 Å². The van der Waals surface area contributed by atoms with Crippen LogP contribution in [0.4, 0.5) is 0 Å². The summed E-state index contributed by atoms with van der Waals surface area (Å²) in [5.41, 5.74) is 4.68. The summed E-state index contributed by atoms with van der Waals surface area (Å²) in [6.45, 7) is 6.02. The van der Waals surface area contributed by atoms with Crippen LogP contribution in [0.25, 0.3) is 4.96 Å². The van der Waals surface area contributed by atoms with Crippen molar-refractivity contribution >= 4 is 33.8 Å². The molecule has 4 rings (SSSR count). The van der Waals surface area contributed by atoms with E-state index in [0.717, 1.165) is 22.6 Å². The molecule has 0 aliphatic heterocycles. The zero-order chi connectivity index (χ0) is 18.4. The Morgan fingerprint density at radius 1 is 1.27 bits per heavy atom. The molecule has 26 heavy (non-hydrogen) atoms. The molecule has 3 aromatic heterocycles. The Hall–Kier alpha value is -1.86. The minimum Gasteiger partial charge on any atom is -0.345 e. The SMILES string of the molecule is Cc1cc(C(=O)CSCc2cc(=O)n3c(C)csc3n2)c(C)n1C1CC1. The highest BCUT2D eigenvalue weighted by Crippen LogP contribution is 2.38. The number of hydrogen-bond donors (Lipinski definition) is 0. The van der Waals surface area contributed by atoms with E-state index in [1.54, 1.807) is 10.5 Å². The fourth-order valence-corrected chi connectivity index (χ4v) is 5.15. The van der Waals surface area contributed by atoms with E-state index in [4.69, 9.17) is 0 Å². The largest absolute Gasteiger partial charge is 0.345 e. The summed E-state index contributed by atoms with van der Waals surface area (Å²) in [4.78, 5) is 30.1. The average Bonchev–Trinajstić information content (AvgIpc) is 3.28. The maximum Gasteiger partial charge on any atom is 0.258 e. The van der Waals surface area contributed by atoms with Gasteiger partial charge in [0.15, 0.2) is 10.7 Å². The molecule has 0 amide bonds. The second-order valence-electron chi connectivity index (χ2n) is 6.88. The Kier molecular flexibility index (Phi) is 4.52. The first-order chi connectivity index (χ1) is 12.5. The predicted octanol–water partition coefficient (Wildman–Crippen LogP) is 3.93. The summed E-state index contributed by atoms with van der Waals surface area (Å²) in [5.74, 6) is 1.12. The molecule has 0 N–H and O–H groups in total. The third-order valence-corrected chi connectivity index (χ3v) is 6.72. The van der Waals surface area contributed by atoms with Crippen molar-refractivity contribution in [3.8, 4) is 0 Å². The van der Waals surface area contributed by atoms with E-state index in [1.807, 2.05) is 25.3 Å². The smallest absolute Gasteiger partial charge is 0.258 e. The monoisotopic (exact) mass is 387 g/mol. The number of rotatable bonds is 6. The topological polar surface area (TPSA) is 56.4 Å². The molecule has 0 radical (unpaired) electrons. The van der Waals surface area contributed by atoms with Gasteiger partial charge in [0, 0.05) is 45.9 Å². The molecule has 3 heterocycles. The number of hydrogen-bond acceptors (Lipinski definition) is 5. The van der Waals surface area contributed by atoms with Gasteiger partial charge in [0.2, 0.25) is 0 Å². The van der Waals surface area contributed by atoms with Gasteiger partial charge in [0.25, 0.3) is 5.56 Å². The van der Waals surface area contributed by atoms with Gasteiger partial charge in [0.05, 0.1) is 11.4 Å². The highest BCUT2D eigenvalue weighted by atomic mass is 32.2. The molecular weight excluding hydrogens is 366 g/mol. The van der Waals surface area contributed by atoms with Crippen molar-refractivity contribution in [1.29, 1.82) is 0 Å². The molecule has 7 heteroatoms. The molecule has 3 aromatic rings. The molecule has 0 aromatic carbocycles. The van der Waals surface area contributed by atoms with Crippen molar-refractivity contribution in [3.63, 3.8) is 0 Å². The van der Waals surface area contributed by atoms with Crippen LogP contribution in [-0.4, -0.2) is 25.5 Å². The normalized spacial score (nSPS) is 14.3. The molecule has 0 spiro atoms. The molecule has 1 aliphatic carbocycles. The molecular formula is C19H21N3O2S2. The summed E-state index contributed by atoms with van der Waals surface area (Å²) >= 11 is 2.98. The second-order valence-corrected chi connectivity index (χ2v) is 8.70. The molecule has 1 fully saturated rings. The third kappa shape index (κ3) is 3.14. The van der Waals surface area contributed by atoms with Crippen LogP contribution < -0.4 is 5.56 Å². The van der Waals surface area contributed by atoms with E-state index < -0.39 is 0 Å². The van der Waals surface area contributed by atoms with Crippen molar-refractivity contribution < 1.29 is 4.79 Å². The summed E-state index contributed by atoms with van der Waals surface area (Å²) in [5, 5.41) is 1.93. The van der Waals surface area contributed by atoms with E-state index in [2.05, 4.69) is 16.5 Å². The average molecular weight is 388 g/mol. The minimum absolute atomic E-state index is 0.0522. The van der Waals surface area contributed by atoms with Crippen LogP contribution in [0, 0.1) is 20.8 Å². The lowest BCUT2D eigenvalue weighted by molar-refractivity contribution is 0.102. The highest BCUT2D eigenvalue weighted by molar-refractivity contribution is 7.99. The van der Waals surface area contributed by atoms with Gasteiger partial charge in [-0.05, 0) is 39.7 Å². The summed E-state index contributed by atoms with van der Waals surface area (Å²) in [6, 6.07) is 4.17. The minimum atomic E-state index is -0.0522. The van der Waals surface area contributed by atoms with Gasteiger partial charge in [-0.2, -0.15) is 0 Å². The van der Waals surface area contributed by atoms with Crippen molar-refractivity contribution in [2.45, 2.75) is 45.4 Å². The Morgan fingerprint density at radius 2 is 2.04 bits per heavy atom. The molecule has 0 saturated heterocycles. The molecule has 5 nitrogen and oxygen atoms in total. The number of aromatic nitrogens is 3. The van der Waals surface area contributed by atoms with Gasteiger partial charge in [-0.3, -0.25) is 14.0 Å². The lowest BCUT2D eigenvalue weighted by Gasteiger charge is -2.07. The molecule has 0 bridgehead atoms. The lowest BCUT2D eigenvalue weighted by Crippen LogP contribution is -2.15. The third-order valence-electron chi connectivity index (χ3n) is 4.81. The van der Waals surface area contributed by atoms with Crippen LogP contribution in [0.5, 0.6) is 0 Å². The summed E-state index contributed by atoms with van der Waals surface area (Å²) in [7, 11) is 0. The van der Waals surface area contributed by atoms with E-state index in [0.29, 0.717) is 22.5 Å². The van der Waals surface area contributed by atoms with Crippen molar-refractivity contribution in [3.05, 3.63) is 56.2 Å². The molecule has 1 saturated carbocycles. The number of Topliss-reactive ketones (excluding diaryl/α,β-unsaturated/α-hetero) is 1. The fourth-order valence-electron chi connectivity index (χ4n) is 3.45. The van der Waals surface area contributed by atoms with Crippen LogP contribution in [-0.2, 0) is 5.75 Å². The molecule has 1 aliphatic rings. The van der Waals surface area contributed by atoms with Gasteiger partial charge < -0.3 is 4.57 Å². The van der Waals surface area contributed by atoms with E-state index in [9.17, 15) is 9.59 Å². The lowest BCUT2D eigenvalue weighted by atomic mass is 10.2. The zero-order valence-electron chi connectivity index (χ0n) is 15.1. The van der Waals surface area contributed by atoms with Crippen LogP contribution in [0.3, 0.4) is 0 Å².